The van der Waals surface area contributed by atoms with E-state index >= 15 is 0 Å². The van der Waals surface area contributed by atoms with Crippen LogP contribution in [0.1, 0.15) is 24.9 Å². The maximum atomic E-state index is 11.4. The Balaban J connectivity index is 2.28. The molecule has 2 rings (SSSR count). The second-order valence-corrected chi connectivity index (χ2v) is 5.19. The highest BCUT2D eigenvalue weighted by atomic mass is 35.5. The fourth-order valence-electron chi connectivity index (χ4n) is 2.09. The summed E-state index contributed by atoms with van der Waals surface area (Å²) in [5.41, 5.74) is 1.31. The van der Waals surface area contributed by atoms with Gasteiger partial charge >= 0.3 is 11.9 Å². The number of benzene rings is 1. The van der Waals surface area contributed by atoms with E-state index in [1.165, 1.54) is 12.1 Å². The van der Waals surface area contributed by atoms with E-state index in [1.54, 1.807) is 0 Å². The SMILES string of the molecule is CC[C@H](Nc1nc(Cl)ccc1NC(=O)C(=O)O)c1ccccc1. The molecule has 1 atom stereocenters. The summed E-state index contributed by atoms with van der Waals surface area (Å²) in [5, 5.41) is 14.4. The molecule has 2 aromatic rings. The molecule has 0 spiro atoms. The minimum Gasteiger partial charge on any atom is -0.474 e. The number of rotatable bonds is 5. The first-order valence-corrected chi connectivity index (χ1v) is 7.41. The van der Waals surface area contributed by atoms with E-state index in [2.05, 4.69) is 15.6 Å². The lowest BCUT2D eigenvalue weighted by atomic mass is 10.0. The normalized spacial score (nSPS) is 11.6. The number of carbonyl (C=O) groups is 2. The van der Waals surface area contributed by atoms with Crippen molar-refractivity contribution in [2.45, 2.75) is 19.4 Å². The molecule has 6 nitrogen and oxygen atoms in total. The fraction of sp³-hybridized carbons (Fsp3) is 0.188. The molecule has 0 saturated carbocycles. The molecule has 0 radical (unpaired) electrons. The molecule has 1 amide bonds. The number of aliphatic carboxylic acids is 1. The Bertz CT molecular complexity index is 707. The van der Waals surface area contributed by atoms with Crippen molar-refractivity contribution in [1.82, 2.24) is 4.98 Å². The number of carboxylic acid groups (broad SMARTS) is 1. The summed E-state index contributed by atoms with van der Waals surface area (Å²) in [6.45, 7) is 2.00. The third kappa shape index (κ3) is 4.43. The van der Waals surface area contributed by atoms with Crippen LogP contribution in [0.25, 0.3) is 0 Å². The number of carbonyl (C=O) groups excluding carboxylic acids is 1. The van der Waals surface area contributed by atoms with Crippen LogP contribution in [0.2, 0.25) is 5.15 Å². The highest BCUT2D eigenvalue weighted by molar-refractivity contribution is 6.36. The lowest BCUT2D eigenvalue weighted by molar-refractivity contribution is -0.147. The van der Waals surface area contributed by atoms with Crippen LogP contribution in [-0.4, -0.2) is 22.0 Å². The van der Waals surface area contributed by atoms with Gasteiger partial charge in [0.1, 0.15) is 5.15 Å². The zero-order valence-corrected chi connectivity index (χ0v) is 13.2. The van der Waals surface area contributed by atoms with Gasteiger partial charge in [0.25, 0.3) is 0 Å². The number of anilines is 2. The third-order valence-corrected chi connectivity index (χ3v) is 3.44. The van der Waals surface area contributed by atoms with E-state index in [0.717, 1.165) is 12.0 Å². The van der Waals surface area contributed by atoms with Crippen molar-refractivity contribution in [2.24, 2.45) is 0 Å². The molecule has 120 valence electrons. The Hall–Kier alpha value is -2.60. The van der Waals surface area contributed by atoms with Crippen LogP contribution < -0.4 is 10.6 Å². The molecule has 0 aliphatic rings. The first-order chi connectivity index (χ1) is 11.0. The quantitative estimate of drug-likeness (QED) is 0.576. The van der Waals surface area contributed by atoms with E-state index in [1.807, 2.05) is 37.3 Å². The second kappa shape index (κ2) is 7.60. The van der Waals surface area contributed by atoms with Gasteiger partial charge in [-0.05, 0) is 24.1 Å². The molecule has 0 unspecified atom stereocenters. The summed E-state index contributed by atoms with van der Waals surface area (Å²) in [4.78, 5) is 26.2. The Morgan fingerprint density at radius 1 is 1.22 bits per heavy atom. The monoisotopic (exact) mass is 333 g/mol. The summed E-state index contributed by atoms with van der Waals surface area (Å²) in [5.74, 6) is -2.38. The summed E-state index contributed by atoms with van der Waals surface area (Å²) in [7, 11) is 0. The zero-order chi connectivity index (χ0) is 16.8. The van der Waals surface area contributed by atoms with Crippen molar-refractivity contribution in [3.63, 3.8) is 0 Å². The molecular formula is C16H16ClN3O3. The van der Waals surface area contributed by atoms with Crippen LogP contribution in [0, 0.1) is 0 Å². The average molecular weight is 334 g/mol. The second-order valence-electron chi connectivity index (χ2n) is 4.81. The molecule has 0 aliphatic heterocycles. The number of pyridine rings is 1. The van der Waals surface area contributed by atoms with Gasteiger partial charge in [0.05, 0.1) is 11.7 Å². The van der Waals surface area contributed by atoms with Gasteiger partial charge in [-0.2, -0.15) is 0 Å². The fourth-order valence-corrected chi connectivity index (χ4v) is 2.24. The summed E-state index contributed by atoms with van der Waals surface area (Å²) in [6.07, 6.45) is 0.768. The van der Waals surface area contributed by atoms with Crippen LogP contribution in [-0.2, 0) is 9.59 Å². The molecule has 1 aromatic carbocycles. The first-order valence-electron chi connectivity index (χ1n) is 7.03. The highest BCUT2D eigenvalue weighted by Crippen LogP contribution is 2.28. The number of hydrogen-bond donors (Lipinski definition) is 3. The Labute approximate surface area is 138 Å². The maximum absolute atomic E-state index is 11.4. The molecule has 23 heavy (non-hydrogen) atoms. The molecule has 0 saturated heterocycles. The first kappa shape index (κ1) is 16.8. The molecular weight excluding hydrogens is 318 g/mol. The lowest BCUT2D eigenvalue weighted by Crippen LogP contribution is -2.23. The third-order valence-electron chi connectivity index (χ3n) is 3.22. The van der Waals surface area contributed by atoms with Crippen molar-refractivity contribution in [1.29, 1.82) is 0 Å². The van der Waals surface area contributed by atoms with Gasteiger partial charge in [0.15, 0.2) is 5.82 Å². The van der Waals surface area contributed by atoms with Crippen LogP contribution >= 0.6 is 11.6 Å². The van der Waals surface area contributed by atoms with Gasteiger partial charge in [-0.1, -0.05) is 48.9 Å². The van der Waals surface area contributed by atoms with Crippen molar-refractivity contribution in [3.05, 3.63) is 53.2 Å². The van der Waals surface area contributed by atoms with Crippen molar-refractivity contribution >= 4 is 35.0 Å². The van der Waals surface area contributed by atoms with E-state index in [0.29, 0.717) is 5.82 Å². The Morgan fingerprint density at radius 2 is 1.91 bits per heavy atom. The summed E-state index contributed by atoms with van der Waals surface area (Å²) in [6, 6.07) is 12.7. The van der Waals surface area contributed by atoms with Gasteiger partial charge < -0.3 is 15.7 Å². The molecule has 0 aliphatic carbocycles. The number of carboxylic acids is 1. The molecule has 3 N–H and O–H groups in total. The molecule has 0 fully saturated rings. The topological polar surface area (TPSA) is 91.3 Å². The van der Waals surface area contributed by atoms with Crippen molar-refractivity contribution in [2.75, 3.05) is 10.6 Å². The maximum Gasteiger partial charge on any atom is 0.394 e. The number of hydrogen-bond acceptors (Lipinski definition) is 4. The molecule has 0 bridgehead atoms. The number of amides is 1. The van der Waals surface area contributed by atoms with E-state index in [9.17, 15) is 9.59 Å². The van der Waals surface area contributed by atoms with Crippen LogP contribution in [0.3, 0.4) is 0 Å². The van der Waals surface area contributed by atoms with Crippen molar-refractivity contribution < 1.29 is 14.7 Å². The number of aromatic nitrogens is 1. The van der Waals surface area contributed by atoms with Gasteiger partial charge in [0, 0.05) is 0 Å². The van der Waals surface area contributed by atoms with E-state index in [4.69, 9.17) is 16.7 Å². The number of halogens is 1. The Kier molecular flexibility index (Phi) is 5.54. The summed E-state index contributed by atoms with van der Waals surface area (Å²) < 4.78 is 0. The van der Waals surface area contributed by atoms with Crippen molar-refractivity contribution in [3.8, 4) is 0 Å². The molecule has 1 aromatic heterocycles. The Morgan fingerprint density at radius 3 is 2.52 bits per heavy atom. The smallest absolute Gasteiger partial charge is 0.394 e. The predicted molar refractivity (Wildman–Crippen MR) is 88.6 cm³/mol. The molecule has 7 heteroatoms. The minimum atomic E-state index is -1.57. The number of nitrogens with one attached hydrogen (secondary N) is 2. The standard InChI is InChI=1S/C16H16ClN3O3/c1-2-11(10-6-4-3-5-7-10)18-14-12(8-9-13(17)20-14)19-15(21)16(22)23/h3-9,11H,2H2,1H3,(H,18,20)(H,19,21)(H,22,23)/t11-/m0/s1. The van der Waals surface area contributed by atoms with Crippen LogP contribution in [0.5, 0.6) is 0 Å². The number of nitrogens with zero attached hydrogens (tertiary/aromatic N) is 1. The van der Waals surface area contributed by atoms with Gasteiger partial charge in [-0.3, -0.25) is 4.79 Å². The summed E-state index contributed by atoms with van der Waals surface area (Å²) >= 11 is 5.91. The van der Waals surface area contributed by atoms with Gasteiger partial charge in [-0.25, -0.2) is 9.78 Å². The van der Waals surface area contributed by atoms with Gasteiger partial charge in [0.2, 0.25) is 0 Å². The van der Waals surface area contributed by atoms with E-state index < -0.39 is 11.9 Å². The average Bonchev–Trinajstić information content (AvgIpc) is 2.55. The van der Waals surface area contributed by atoms with E-state index in [-0.39, 0.29) is 16.9 Å². The molecule has 1 heterocycles. The van der Waals surface area contributed by atoms with Crippen LogP contribution in [0.15, 0.2) is 42.5 Å². The minimum absolute atomic E-state index is 0.0531. The zero-order valence-electron chi connectivity index (χ0n) is 12.4. The van der Waals surface area contributed by atoms with Crippen LogP contribution in [0.4, 0.5) is 11.5 Å². The van der Waals surface area contributed by atoms with Gasteiger partial charge in [-0.15, -0.1) is 0 Å². The highest BCUT2D eigenvalue weighted by Gasteiger charge is 2.17. The predicted octanol–water partition coefficient (Wildman–Crippen LogP) is 3.32. The lowest BCUT2D eigenvalue weighted by Gasteiger charge is -2.20. The largest absolute Gasteiger partial charge is 0.474 e.